The molecule has 0 spiro atoms. The first kappa shape index (κ1) is 39.3. The van der Waals surface area contributed by atoms with E-state index in [-0.39, 0.29) is 48.2 Å². The molecular formula is C32H42O15. The number of hydrogen-bond acceptors (Lipinski definition) is 13. The van der Waals surface area contributed by atoms with E-state index < -0.39 is 102 Å². The predicted molar refractivity (Wildman–Crippen MR) is 160 cm³/mol. The molecule has 0 radical (unpaired) electrons. The van der Waals surface area contributed by atoms with Crippen LogP contribution in [0.1, 0.15) is 65.2 Å². The highest BCUT2D eigenvalue weighted by molar-refractivity contribution is 6.13. The van der Waals surface area contributed by atoms with Crippen LogP contribution in [0.15, 0.2) is 45.6 Å². The van der Waals surface area contributed by atoms with Gasteiger partial charge in [-0.2, -0.15) is 0 Å². The molecule has 0 aromatic carbocycles. The van der Waals surface area contributed by atoms with Gasteiger partial charge in [0.15, 0.2) is 11.6 Å². The van der Waals surface area contributed by atoms with Crippen molar-refractivity contribution < 1.29 is 74.4 Å². The second kappa shape index (κ2) is 17.9. The number of aliphatic hydroxyl groups excluding tert-OH is 6. The molecule has 6 atom stereocenters. The summed E-state index contributed by atoms with van der Waals surface area (Å²) in [6, 6.07) is 0. The summed E-state index contributed by atoms with van der Waals surface area (Å²) in [5, 5.41) is 77.7. The molecule has 15 heteroatoms. The maximum Gasteiger partial charge on any atom is 0.342 e. The number of aliphatic carboxylic acids is 2. The van der Waals surface area contributed by atoms with Gasteiger partial charge in [0.1, 0.15) is 12.2 Å². The topological polar surface area (TPSA) is 273 Å². The molecule has 0 saturated carbocycles. The number of cyclic esters (lactones) is 2. The zero-order valence-corrected chi connectivity index (χ0v) is 26.1. The molecule has 0 unspecified atom stereocenters. The summed E-state index contributed by atoms with van der Waals surface area (Å²) in [6.45, 7) is 2.66. The molecule has 1 heterocycles. The Morgan fingerprint density at radius 3 is 1.64 bits per heavy atom. The lowest BCUT2D eigenvalue weighted by atomic mass is 9.83. The Kier molecular flexibility index (Phi) is 15.0. The minimum Gasteiger partial charge on any atom is -0.478 e. The van der Waals surface area contributed by atoms with E-state index in [2.05, 4.69) is 4.74 Å². The number of carbonyl (C=O) groups excluding carboxylic acids is 4. The first-order valence-corrected chi connectivity index (χ1v) is 15.2. The summed E-state index contributed by atoms with van der Waals surface area (Å²) in [5.74, 6) is -8.10. The molecule has 0 amide bonds. The molecule has 15 nitrogen and oxygen atoms in total. The van der Waals surface area contributed by atoms with Crippen LogP contribution in [0, 0.1) is 11.8 Å². The van der Waals surface area contributed by atoms with Gasteiger partial charge in [0.2, 0.25) is 0 Å². The molecule has 0 saturated heterocycles. The zero-order valence-electron chi connectivity index (χ0n) is 26.1. The van der Waals surface area contributed by atoms with E-state index in [1.54, 1.807) is 6.92 Å². The minimum absolute atomic E-state index is 0.00985. The van der Waals surface area contributed by atoms with Crippen molar-refractivity contribution in [2.75, 3.05) is 13.2 Å². The van der Waals surface area contributed by atoms with E-state index in [0.717, 1.165) is 6.08 Å². The second-order valence-corrected chi connectivity index (χ2v) is 11.4. The molecule has 2 aliphatic carbocycles. The normalized spacial score (nSPS) is 30.7. The van der Waals surface area contributed by atoms with Crippen molar-refractivity contribution in [2.24, 2.45) is 11.8 Å². The highest BCUT2D eigenvalue weighted by Crippen LogP contribution is 2.36. The molecule has 0 aromatic rings. The number of hydrogen-bond donors (Lipinski definition) is 8. The van der Waals surface area contributed by atoms with Crippen molar-refractivity contribution in [1.29, 1.82) is 0 Å². The average Bonchev–Trinajstić information content (AvgIpc) is 3.30. The predicted octanol–water partition coefficient (Wildman–Crippen LogP) is -0.342. The maximum absolute atomic E-state index is 12.2. The summed E-state index contributed by atoms with van der Waals surface area (Å²) in [5.41, 5.74) is -0.705. The number of carboxylic acid groups (broad SMARTS) is 2. The van der Waals surface area contributed by atoms with Gasteiger partial charge in [-0.1, -0.05) is 38.8 Å². The molecule has 0 aromatic heterocycles. The monoisotopic (exact) mass is 666 g/mol. The Balaban J connectivity index is 0.000000327. The minimum atomic E-state index is -1.71. The molecule has 0 bridgehead atoms. The van der Waals surface area contributed by atoms with Crippen LogP contribution in [0.5, 0.6) is 0 Å². The maximum atomic E-state index is 12.2. The fourth-order valence-electron chi connectivity index (χ4n) is 5.94. The Hall–Kier alpha value is -3.86. The van der Waals surface area contributed by atoms with Crippen LogP contribution >= 0.6 is 0 Å². The third kappa shape index (κ3) is 9.59. The van der Waals surface area contributed by atoms with Crippen LogP contribution in [0.25, 0.3) is 0 Å². The van der Waals surface area contributed by atoms with Crippen molar-refractivity contribution in [3.05, 3.63) is 45.6 Å². The number of Topliss-reactive ketones (excluding diaryl/α,β-unsaturated/α-hetero) is 2. The van der Waals surface area contributed by atoms with E-state index in [0.29, 0.717) is 19.3 Å². The number of carboxylic acids is 2. The Bertz CT molecular complexity index is 1370. The zero-order chi connectivity index (χ0) is 35.6. The van der Waals surface area contributed by atoms with E-state index in [4.69, 9.17) is 10.2 Å². The standard InChI is InChI=1S/C16H22O8.C16H20O7/c1-2-3-9-13(16(23)24)10(15(21)22)6-8(4-5-17)11(18)7-12(19)14(9)20;1-2-3-9-13-10(15(21)23-16(13)22)6-8(4-5-17)11(18)7-12(19)14(9)20/h4,9,11,14,17-18,20H,2-3,5-7H2,1H3,(H,21,22)(H,23,24);4,9,11,14,17-18,20H,2-3,5-7H2,1H3/b8-4-,13-10-;8-4-/t2*9-,11-,14-/m00/s1. The lowest BCUT2D eigenvalue weighted by molar-refractivity contribution is -0.151. The summed E-state index contributed by atoms with van der Waals surface area (Å²) in [7, 11) is 0. The third-order valence-corrected chi connectivity index (χ3v) is 8.27. The summed E-state index contributed by atoms with van der Waals surface area (Å²) in [6.07, 6.45) is -3.26. The first-order chi connectivity index (χ1) is 22.1. The summed E-state index contributed by atoms with van der Waals surface area (Å²) < 4.78 is 4.64. The Morgan fingerprint density at radius 2 is 1.19 bits per heavy atom. The number of esters is 2. The van der Waals surface area contributed by atoms with Gasteiger partial charge < -0.3 is 45.6 Å². The van der Waals surface area contributed by atoms with Gasteiger partial charge in [0.05, 0.1) is 47.7 Å². The van der Waals surface area contributed by atoms with Gasteiger partial charge in [-0.05, 0) is 24.0 Å². The number of ether oxygens (including phenoxy) is 1. The van der Waals surface area contributed by atoms with Crippen LogP contribution in [0.4, 0.5) is 0 Å². The van der Waals surface area contributed by atoms with Crippen LogP contribution in [0.3, 0.4) is 0 Å². The van der Waals surface area contributed by atoms with Gasteiger partial charge in [0, 0.05) is 37.5 Å². The summed E-state index contributed by atoms with van der Waals surface area (Å²) in [4.78, 5) is 71.5. The molecule has 0 fully saturated rings. The van der Waals surface area contributed by atoms with Crippen molar-refractivity contribution >= 4 is 35.4 Å². The number of rotatable bonds is 8. The first-order valence-electron chi connectivity index (χ1n) is 15.2. The van der Waals surface area contributed by atoms with E-state index in [1.807, 2.05) is 6.92 Å². The largest absolute Gasteiger partial charge is 0.478 e. The number of carbonyl (C=O) groups is 6. The molecular weight excluding hydrogens is 624 g/mol. The molecule has 8 N–H and O–H groups in total. The van der Waals surface area contributed by atoms with Gasteiger partial charge in [0.25, 0.3) is 0 Å². The van der Waals surface area contributed by atoms with Crippen molar-refractivity contribution in [3.63, 3.8) is 0 Å². The van der Waals surface area contributed by atoms with E-state index in [9.17, 15) is 59.4 Å². The van der Waals surface area contributed by atoms with Crippen LogP contribution in [0.2, 0.25) is 0 Å². The van der Waals surface area contributed by atoms with Gasteiger partial charge in [-0.3, -0.25) is 9.59 Å². The lowest BCUT2D eigenvalue weighted by Gasteiger charge is -2.23. The van der Waals surface area contributed by atoms with E-state index in [1.165, 1.54) is 6.08 Å². The molecule has 3 rings (SSSR count). The number of aliphatic hydroxyl groups is 6. The Labute approximate surface area is 270 Å². The van der Waals surface area contributed by atoms with Gasteiger partial charge in [-0.15, -0.1) is 0 Å². The van der Waals surface area contributed by atoms with Gasteiger partial charge in [-0.25, -0.2) is 19.2 Å². The SMILES string of the molecule is CCC[C@H]1/C(C(=O)O)=C(/C(=O)O)C/C(=C/CO)[C@@H](O)CC(=O)[C@H]1O.CCC[C@H]1C2=C(C/C(=C/CO)[C@@H](O)CC(=O)[C@H]1O)C(=O)OC2=O. The van der Waals surface area contributed by atoms with Crippen molar-refractivity contribution in [2.45, 2.75) is 89.6 Å². The highest BCUT2D eigenvalue weighted by Gasteiger charge is 2.44. The lowest BCUT2D eigenvalue weighted by Crippen LogP contribution is -2.35. The molecule has 3 aliphatic rings. The Morgan fingerprint density at radius 1 is 0.723 bits per heavy atom. The van der Waals surface area contributed by atoms with Crippen LogP contribution in [-0.2, 0) is 33.5 Å². The summed E-state index contributed by atoms with van der Waals surface area (Å²) >= 11 is 0. The van der Waals surface area contributed by atoms with Crippen LogP contribution in [-0.4, -0.2) is 114 Å². The third-order valence-electron chi connectivity index (χ3n) is 8.27. The van der Waals surface area contributed by atoms with E-state index >= 15 is 0 Å². The molecule has 260 valence electrons. The quantitative estimate of drug-likeness (QED) is 0.0935. The van der Waals surface area contributed by atoms with Gasteiger partial charge >= 0.3 is 23.9 Å². The smallest absolute Gasteiger partial charge is 0.342 e. The number of ketones is 2. The average molecular weight is 667 g/mol. The molecule has 47 heavy (non-hydrogen) atoms. The highest BCUT2D eigenvalue weighted by atomic mass is 16.6. The van der Waals surface area contributed by atoms with Crippen molar-refractivity contribution in [3.8, 4) is 0 Å². The fraction of sp³-hybridized carbons (Fsp3) is 0.562. The fourth-order valence-corrected chi connectivity index (χ4v) is 5.94. The second-order valence-electron chi connectivity index (χ2n) is 11.4. The van der Waals surface area contributed by atoms with Crippen LogP contribution < -0.4 is 0 Å². The molecule has 1 aliphatic heterocycles. The van der Waals surface area contributed by atoms with Crippen molar-refractivity contribution in [1.82, 2.24) is 0 Å².